The highest BCUT2D eigenvalue weighted by Gasteiger charge is 2.32. The number of benzene rings is 1. The summed E-state index contributed by atoms with van der Waals surface area (Å²) in [5.74, 6) is 0.929. The van der Waals surface area contributed by atoms with Gasteiger partial charge in [-0.15, -0.1) is 0 Å². The van der Waals surface area contributed by atoms with Gasteiger partial charge in [-0.3, -0.25) is 14.8 Å². The Bertz CT molecular complexity index is 967. The smallest absolute Gasteiger partial charge is 0.222 e. The van der Waals surface area contributed by atoms with Crippen LogP contribution >= 0.6 is 0 Å². The second kappa shape index (κ2) is 9.43. The maximum Gasteiger partial charge on any atom is 0.222 e. The Labute approximate surface area is 184 Å². The zero-order valence-corrected chi connectivity index (χ0v) is 18.9. The van der Waals surface area contributed by atoms with Gasteiger partial charge >= 0.3 is 0 Å². The normalized spacial score (nSPS) is 23.7. The van der Waals surface area contributed by atoms with Crippen molar-refractivity contribution in [2.45, 2.75) is 38.5 Å². The Balaban J connectivity index is 1.58. The molecule has 2 atom stereocenters. The van der Waals surface area contributed by atoms with Gasteiger partial charge in [-0.25, -0.2) is 4.39 Å². The first kappa shape index (κ1) is 21.9. The number of amides is 1. The molecule has 0 unspecified atom stereocenters. The van der Waals surface area contributed by atoms with Gasteiger partial charge in [-0.1, -0.05) is 13.0 Å². The van der Waals surface area contributed by atoms with Crippen LogP contribution in [0.2, 0.25) is 0 Å². The third kappa shape index (κ3) is 4.79. The van der Waals surface area contributed by atoms with E-state index < -0.39 is 0 Å². The molecule has 1 aromatic carbocycles. The number of halogens is 1. The number of likely N-dealkylation sites (tertiary alicyclic amines) is 2. The number of aromatic nitrogens is 1. The summed E-state index contributed by atoms with van der Waals surface area (Å²) in [5, 5.41) is 0.959. The fourth-order valence-electron chi connectivity index (χ4n) is 5.27. The zero-order valence-electron chi connectivity index (χ0n) is 18.9. The van der Waals surface area contributed by atoms with Gasteiger partial charge in [0.1, 0.15) is 5.82 Å². The van der Waals surface area contributed by atoms with Crippen molar-refractivity contribution in [3.8, 4) is 0 Å². The van der Waals surface area contributed by atoms with Crippen LogP contribution in [-0.4, -0.2) is 67.2 Å². The Kier molecular flexibility index (Phi) is 6.65. The molecule has 0 radical (unpaired) electrons. The zero-order chi connectivity index (χ0) is 22.0. The van der Waals surface area contributed by atoms with Crippen molar-refractivity contribution in [2.24, 2.45) is 16.8 Å². The number of hydrogen-bond donors (Lipinski definition) is 0. The Morgan fingerprint density at radius 3 is 2.84 bits per heavy atom. The molecule has 2 aliphatic rings. The molecule has 1 amide bonds. The Hall–Kier alpha value is -2.34. The van der Waals surface area contributed by atoms with Crippen LogP contribution in [0.4, 0.5) is 4.39 Å². The maximum absolute atomic E-state index is 15.0. The highest BCUT2D eigenvalue weighted by molar-refractivity contribution is 5.99. The fourth-order valence-corrected chi connectivity index (χ4v) is 5.27. The molecular weight excluding hydrogens is 391 g/mol. The summed E-state index contributed by atoms with van der Waals surface area (Å²) in [6, 6.07) is 5.54. The van der Waals surface area contributed by atoms with E-state index in [1.165, 1.54) is 6.21 Å². The molecule has 0 spiro atoms. The highest BCUT2D eigenvalue weighted by Crippen LogP contribution is 2.36. The second-order valence-electron chi connectivity index (χ2n) is 9.44. The highest BCUT2D eigenvalue weighted by atomic mass is 19.1. The van der Waals surface area contributed by atoms with E-state index in [2.05, 4.69) is 28.8 Å². The summed E-state index contributed by atoms with van der Waals surface area (Å²) in [7, 11) is 3.78. The van der Waals surface area contributed by atoms with Crippen molar-refractivity contribution in [1.82, 2.24) is 14.8 Å². The maximum atomic E-state index is 15.0. The van der Waals surface area contributed by atoms with Crippen LogP contribution in [0, 0.1) is 17.7 Å². The van der Waals surface area contributed by atoms with Crippen LogP contribution in [0.1, 0.15) is 49.7 Å². The monoisotopic (exact) mass is 424 g/mol. The van der Waals surface area contributed by atoms with Gasteiger partial charge in [-0.05, 0) is 68.9 Å². The van der Waals surface area contributed by atoms with E-state index >= 15 is 0 Å². The number of rotatable bonds is 4. The van der Waals surface area contributed by atoms with Crippen molar-refractivity contribution < 1.29 is 9.18 Å². The average Bonchev–Trinajstić information content (AvgIpc) is 2.76. The van der Waals surface area contributed by atoms with Crippen molar-refractivity contribution in [3.63, 3.8) is 0 Å². The van der Waals surface area contributed by atoms with Crippen LogP contribution in [0.5, 0.6) is 0 Å². The molecule has 2 fully saturated rings. The van der Waals surface area contributed by atoms with Gasteiger partial charge in [0.15, 0.2) is 0 Å². The SMILES string of the molecule is CN=Cc1c(F)cc([C@H]2C[C@@H](C)CN(C(=O)CC3CCN(C)CC3)C2)c2cccnc12. The summed E-state index contributed by atoms with van der Waals surface area (Å²) in [6.45, 7) is 5.78. The Morgan fingerprint density at radius 2 is 2.10 bits per heavy atom. The number of pyridine rings is 1. The van der Waals surface area contributed by atoms with Crippen LogP contribution in [0.25, 0.3) is 10.9 Å². The number of carbonyl (C=O) groups excluding carboxylic acids is 1. The molecule has 5 nitrogen and oxygen atoms in total. The molecule has 6 heteroatoms. The van der Waals surface area contributed by atoms with Crippen molar-refractivity contribution >= 4 is 23.0 Å². The predicted molar refractivity (Wildman–Crippen MR) is 123 cm³/mol. The lowest BCUT2D eigenvalue weighted by Crippen LogP contribution is -2.43. The topological polar surface area (TPSA) is 48.8 Å². The number of piperidine rings is 2. The minimum Gasteiger partial charge on any atom is -0.342 e. The quantitative estimate of drug-likeness (QED) is 0.694. The van der Waals surface area contributed by atoms with E-state index in [4.69, 9.17) is 0 Å². The van der Waals surface area contributed by atoms with Crippen LogP contribution in [-0.2, 0) is 4.79 Å². The second-order valence-corrected chi connectivity index (χ2v) is 9.44. The van der Waals surface area contributed by atoms with Gasteiger partial charge in [0.25, 0.3) is 0 Å². The molecule has 0 aliphatic carbocycles. The molecule has 0 N–H and O–H groups in total. The molecule has 0 bridgehead atoms. The summed E-state index contributed by atoms with van der Waals surface area (Å²) in [5.41, 5.74) is 2.03. The third-order valence-electron chi connectivity index (χ3n) is 6.93. The van der Waals surface area contributed by atoms with E-state index in [1.807, 2.05) is 17.0 Å². The molecule has 1 aromatic heterocycles. The van der Waals surface area contributed by atoms with Gasteiger partial charge < -0.3 is 9.80 Å². The summed E-state index contributed by atoms with van der Waals surface area (Å²) in [6.07, 6.45) is 7.00. The summed E-state index contributed by atoms with van der Waals surface area (Å²) in [4.78, 5) is 26.0. The van der Waals surface area contributed by atoms with Gasteiger partial charge in [-0.2, -0.15) is 0 Å². The lowest BCUT2D eigenvalue weighted by Gasteiger charge is -2.38. The molecule has 166 valence electrons. The van der Waals surface area contributed by atoms with Crippen molar-refractivity contribution in [2.75, 3.05) is 40.3 Å². The minimum atomic E-state index is -0.297. The van der Waals surface area contributed by atoms with Gasteiger partial charge in [0.05, 0.1) is 11.1 Å². The number of carbonyl (C=O) groups is 1. The number of nitrogens with zero attached hydrogens (tertiary/aromatic N) is 4. The van der Waals surface area contributed by atoms with E-state index in [0.29, 0.717) is 35.9 Å². The first-order chi connectivity index (χ1) is 15.0. The van der Waals surface area contributed by atoms with Crippen LogP contribution < -0.4 is 0 Å². The number of fused-ring (bicyclic) bond motifs is 1. The predicted octanol–water partition coefficient (Wildman–Crippen LogP) is 4.11. The lowest BCUT2D eigenvalue weighted by atomic mass is 9.82. The van der Waals surface area contributed by atoms with E-state index in [1.54, 1.807) is 19.3 Å². The molecule has 0 saturated carbocycles. The summed E-state index contributed by atoms with van der Waals surface area (Å²) >= 11 is 0. The largest absolute Gasteiger partial charge is 0.342 e. The van der Waals surface area contributed by atoms with Crippen LogP contribution in [0.15, 0.2) is 29.4 Å². The minimum absolute atomic E-state index is 0.110. The molecule has 3 heterocycles. The fraction of sp³-hybridized carbons (Fsp3) is 0.560. The number of aliphatic imine (C=N–C) groups is 1. The molecule has 2 aliphatic heterocycles. The third-order valence-corrected chi connectivity index (χ3v) is 6.93. The van der Waals surface area contributed by atoms with E-state index in [9.17, 15) is 9.18 Å². The standard InChI is InChI=1S/C25H33FN4O/c1-17-11-19(16-30(15-17)24(31)12-18-6-9-29(3)10-7-18)21-13-23(26)22(14-27-2)25-20(21)5-4-8-28-25/h4-5,8,13-14,17-19H,6-7,9-12,15-16H2,1-3H3/t17-,19+/m1/s1. The Morgan fingerprint density at radius 1 is 1.32 bits per heavy atom. The molecule has 4 rings (SSSR count). The number of hydrogen-bond acceptors (Lipinski definition) is 4. The molecule has 31 heavy (non-hydrogen) atoms. The lowest BCUT2D eigenvalue weighted by molar-refractivity contribution is -0.134. The first-order valence-electron chi connectivity index (χ1n) is 11.4. The van der Waals surface area contributed by atoms with Gasteiger partial charge in [0.2, 0.25) is 5.91 Å². The van der Waals surface area contributed by atoms with Crippen LogP contribution in [0.3, 0.4) is 0 Å². The van der Waals surface area contributed by atoms with E-state index in [-0.39, 0.29) is 17.6 Å². The van der Waals surface area contributed by atoms with Gasteiger partial charge in [0, 0.05) is 50.3 Å². The van der Waals surface area contributed by atoms with Crippen molar-refractivity contribution in [3.05, 3.63) is 41.3 Å². The molecule has 2 aromatic rings. The average molecular weight is 425 g/mol. The van der Waals surface area contributed by atoms with Crippen molar-refractivity contribution in [1.29, 1.82) is 0 Å². The van der Waals surface area contributed by atoms with E-state index in [0.717, 1.165) is 49.8 Å². The molecular formula is C25H33FN4O. The first-order valence-corrected chi connectivity index (χ1v) is 11.4. The molecule has 2 saturated heterocycles. The summed E-state index contributed by atoms with van der Waals surface area (Å²) < 4.78 is 15.0.